The largest absolute Gasteiger partial charge is 0.504 e. The van der Waals surface area contributed by atoms with Gasteiger partial charge in [0.25, 0.3) is 0 Å². The number of phenolic OH excluding ortho intramolecular Hbond substituents is 2. The number of pyridine rings is 1. The number of aromatic nitrogens is 1. The minimum absolute atomic E-state index is 0.0770. The molecule has 3 atom stereocenters. The van der Waals surface area contributed by atoms with Crippen LogP contribution < -0.4 is 10.5 Å². The number of carbonyl (C=O) groups is 2. The van der Waals surface area contributed by atoms with Crippen molar-refractivity contribution in [2.45, 2.75) is 38.3 Å². The minimum Gasteiger partial charge on any atom is -0.504 e. The predicted octanol–water partition coefficient (Wildman–Crippen LogP) is 2.02. The van der Waals surface area contributed by atoms with Gasteiger partial charge in [-0.05, 0) is 50.1 Å². The van der Waals surface area contributed by atoms with Crippen LogP contribution in [0.15, 0.2) is 36.5 Å². The molecule has 0 aliphatic heterocycles. The van der Waals surface area contributed by atoms with Gasteiger partial charge in [0, 0.05) is 12.1 Å². The number of nitrogens with zero attached hydrogens (tertiary/aromatic N) is 1. The first-order valence-electron chi connectivity index (χ1n) is 9.03. The summed E-state index contributed by atoms with van der Waals surface area (Å²) in [5.41, 5.74) is 6.37. The minimum atomic E-state index is -1.31. The van der Waals surface area contributed by atoms with E-state index in [4.69, 9.17) is 15.2 Å². The maximum Gasteiger partial charge on any atom is 0.343 e. The van der Waals surface area contributed by atoms with Gasteiger partial charge in [-0.15, -0.1) is 0 Å². The van der Waals surface area contributed by atoms with Crippen LogP contribution in [0.2, 0.25) is 0 Å². The number of nitrogens with two attached hydrogens (primary N) is 1. The number of aliphatic carboxylic acids is 1. The molecule has 1 aromatic carbocycles. The monoisotopic (exact) mass is 404 g/mol. The highest BCUT2D eigenvalue weighted by Gasteiger charge is 2.30. The van der Waals surface area contributed by atoms with Gasteiger partial charge in [0.1, 0.15) is 17.7 Å². The Morgan fingerprint density at radius 2 is 1.93 bits per heavy atom. The number of carboxylic acid groups (broad SMARTS) is 1. The average Bonchev–Trinajstić information content (AvgIpc) is 2.68. The normalized spacial score (nSPS) is 13.9. The van der Waals surface area contributed by atoms with Crippen molar-refractivity contribution in [3.63, 3.8) is 0 Å². The van der Waals surface area contributed by atoms with Crippen LogP contribution in [0, 0.1) is 0 Å². The van der Waals surface area contributed by atoms with Crippen LogP contribution in [0.5, 0.6) is 17.4 Å². The summed E-state index contributed by atoms with van der Waals surface area (Å²) in [6.45, 7) is 3.70. The fourth-order valence-electron chi connectivity index (χ4n) is 2.88. The average molecular weight is 404 g/mol. The van der Waals surface area contributed by atoms with Gasteiger partial charge in [-0.2, -0.15) is 0 Å². The Hall–Kier alpha value is -3.33. The molecule has 2 aromatic rings. The molecule has 0 aliphatic carbocycles. The van der Waals surface area contributed by atoms with Crippen LogP contribution in [0.3, 0.4) is 0 Å². The number of hydrogen-bond acceptors (Lipinski definition) is 8. The Kier molecular flexibility index (Phi) is 7.38. The second-order valence-corrected chi connectivity index (χ2v) is 6.46. The summed E-state index contributed by atoms with van der Waals surface area (Å²) in [6, 6.07) is 5.74. The number of phenols is 2. The lowest BCUT2D eigenvalue weighted by Gasteiger charge is -2.25. The Labute approximate surface area is 167 Å². The Morgan fingerprint density at radius 1 is 1.21 bits per heavy atom. The third-order valence-electron chi connectivity index (χ3n) is 4.31. The van der Waals surface area contributed by atoms with E-state index in [0.29, 0.717) is 12.2 Å². The zero-order chi connectivity index (χ0) is 21.6. The highest BCUT2D eigenvalue weighted by molar-refractivity contribution is 5.91. The molecule has 9 nitrogen and oxygen atoms in total. The first-order valence-corrected chi connectivity index (χ1v) is 9.03. The summed E-state index contributed by atoms with van der Waals surface area (Å²) in [4.78, 5) is 27.9. The number of esters is 1. The second-order valence-electron chi connectivity index (χ2n) is 6.46. The lowest BCUT2D eigenvalue weighted by atomic mass is 9.87. The summed E-state index contributed by atoms with van der Waals surface area (Å²) < 4.78 is 10.8. The van der Waals surface area contributed by atoms with E-state index in [-0.39, 0.29) is 23.6 Å². The zero-order valence-electron chi connectivity index (χ0n) is 16.1. The van der Waals surface area contributed by atoms with Crippen molar-refractivity contribution < 1.29 is 34.4 Å². The first kappa shape index (κ1) is 22.0. The molecular formula is C20H24N2O7. The van der Waals surface area contributed by atoms with Crippen molar-refractivity contribution in [3.05, 3.63) is 47.7 Å². The molecule has 156 valence electrons. The highest BCUT2D eigenvalue weighted by Crippen LogP contribution is 2.32. The molecule has 5 N–H and O–H groups in total. The van der Waals surface area contributed by atoms with Crippen molar-refractivity contribution in [3.8, 4) is 17.4 Å². The number of carbonyl (C=O) groups excluding carboxylic acids is 1. The number of aromatic hydroxyl groups is 2. The third-order valence-corrected chi connectivity index (χ3v) is 4.31. The smallest absolute Gasteiger partial charge is 0.343 e. The van der Waals surface area contributed by atoms with Crippen molar-refractivity contribution >= 4 is 11.9 Å². The van der Waals surface area contributed by atoms with Crippen molar-refractivity contribution in [2.24, 2.45) is 5.73 Å². The first-order chi connectivity index (χ1) is 13.7. The summed E-state index contributed by atoms with van der Waals surface area (Å²) in [6.07, 6.45) is 0.862. The third kappa shape index (κ3) is 5.58. The molecule has 1 heterocycles. The zero-order valence-corrected chi connectivity index (χ0v) is 16.1. The molecule has 0 bridgehead atoms. The van der Waals surface area contributed by atoms with Gasteiger partial charge in [-0.3, -0.25) is 4.79 Å². The SMILES string of the molecule is CCOc1ncccc1C(=O)O[C@H](C)CC(c1ccc(O)c(O)c1)[C@H](N)C(=O)O. The fourth-order valence-corrected chi connectivity index (χ4v) is 2.88. The lowest BCUT2D eigenvalue weighted by molar-refractivity contribution is -0.139. The van der Waals surface area contributed by atoms with Crippen LogP contribution in [0.1, 0.15) is 42.1 Å². The van der Waals surface area contributed by atoms with Crippen molar-refractivity contribution in [2.75, 3.05) is 6.61 Å². The predicted molar refractivity (Wildman–Crippen MR) is 103 cm³/mol. The van der Waals surface area contributed by atoms with Gasteiger partial charge in [0.05, 0.1) is 6.61 Å². The molecule has 0 spiro atoms. The highest BCUT2D eigenvalue weighted by atomic mass is 16.5. The molecule has 0 saturated carbocycles. The number of ether oxygens (including phenoxy) is 2. The molecule has 0 aliphatic rings. The van der Waals surface area contributed by atoms with E-state index in [0.717, 1.165) is 0 Å². The Morgan fingerprint density at radius 3 is 2.55 bits per heavy atom. The molecule has 0 saturated heterocycles. The van der Waals surface area contributed by atoms with Crippen LogP contribution >= 0.6 is 0 Å². The Bertz CT molecular complexity index is 872. The van der Waals surface area contributed by atoms with Crippen LogP contribution in [-0.2, 0) is 9.53 Å². The molecular weight excluding hydrogens is 380 g/mol. The van der Waals surface area contributed by atoms with E-state index in [1.807, 2.05) is 0 Å². The second kappa shape index (κ2) is 9.74. The van der Waals surface area contributed by atoms with Crippen LogP contribution in [-0.4, -0.2) is 51.0 Å². The van der Waals surface area contributed by atoms with Crippen LogP contribution in [0.4, 0.5) is 0 Å². The van der Waals surface area contributed by atoms with Gasteiger partial charge in [-0.1, -0.05) is 6.07 Å². The van der Waals surface area contributed by atoms with Gasteiger partial charge in [0.15, 0.2) is 11.5 Å². The molecule has 29 heavy (non-hydrogen) atoms. The molecule has 0 fully saturated rings. The van der Waals surface area contributed by atoms with Gasteiger partial charge in [0.2, 0.25) is 5.88 Å². The quantitative estimate of drug-likeness (QED) is 0.363. The van der Waals surface area contributed by atoms with Gasteiger partial charge in [-0.25, -0.2) is 9.78 Å². The number of rotatable bonds is 9. The summed E-state index contributed by atoms with van der Waals surface area (Å²) in [5.74, 6) is -3.27. The van der Waals surface area contributed by atoms with E-state index in [9.17, 15) is 24.9 Å². The van der Waals surface area contributed by atoms with Gasteiger partial charge < -0.3 is 30.5 Å². The van der Waals surface area contributed by atoms with E-state index in [1.165, 1.54) is 30.5 Å². The summed E-state index contributed by atoms with van der Waals surface area (Å²) in [7, 11) is 0. The number of benzene rings is 1. The lowest BCUT2D eigenvalue weighted by Crippen LogP contribution is -2.38. The standard InChI is InChI=1S/C20H24N2O7/c1-3-28-18-13(5-4-8-22-18)20(27)29-11(2)9-14(17(21)19(25)26)12-6-7-15(23)16(24)10-12/h4-8,10-11,14,17,23-24H,3,9,21H2,1-2H3,(H,25,26)/t11-,14?,17+/m1/s1. The molecule has 1 aromatic heterocycles. The molecule has 0 radical (unpaired) electrons. The van der Waals surface area contributed by atoms with Gasteiger partial charge >= 0.3 is 11.9 Å². The fraction of sp³-hybridized carbons (Fsp3) is 0.350. The number of carboxylic acids is 1. The van der Waals surface area contributed by atoms with E-state index in [1.54, 1.807) is 19.9 Å². The Balaban J connectivity index is 2.19. The molecule has 2 rings (SSSR count). The van der Waals surface area contributed by atoms with Crippen molar-refractivity contribution in [1.29, 1.82) is 0 Å². The molecule has 9 heteroatoms. The summed E-state index contributed by atoms with van der Waals surface area (Å²) >= 11 is 0. The van der Waals surface area contributed by atoms with Crippen molar-refractivity contribution in [1.82, 2.24) is 4.98 Å². The van der Waals surface area contributed by atoms with E-state index < -0.39 is 35.8 Å². The van der Waals surface area contributed by atoms with E-state index >= 15 is 0 Å². The summed E-state index contributed by atoms with van der Waals surface area (Å²) in [5, 5.41) is 28.6. The molecule has 1 unspecified atom stereocenters. The maximum atomic E-state index is 12.5. The maximum absolute atomic E-state index is 12.5. The van der Waals surface area contributed by atoms with E-state index in [2.05, 4.69) is 4.98 Å². The van der Waals surface area contributed by atoms with Crippen LogP contribution in [0.25, 0.3) is 0 Å². The number of hydrogen-bond donors (Lipinski definition) is 4. The molecule has 0 amide bonds. The topological polar surface area (TPSA) is 152 Å².